The topological polar surface area (TPSA) is 0 Å². The van der Waals surface area contributed by atoms with Gasteiger partial charge in [0.1, 0.15) is 0 Å². The molecule has 0 unspecified atom stereocenters. The molecule has 0 rings (SSSR count). The summed E-state index contributed by atoms with van der Waals surface area (Å²) in [6, 6.07) is 0. The van der Waals surface area contributed by atoms with Crippen LogP contribution in [0.2, 0.25) is 0 Å². The van der Waals surface area contributed by atoms with Crippen molar-refractivity contribution in [2.75, 3.05) is 0 Å². The predicted octanol–water partition coefficient (Wildman–Crippen LogP) is 3.43. The standard InChI is InChI=1S/C9H11Cl/c1-4-6-8(3)9(10)7-5-2/h4-7H,1-2H2,3H3/b8-6-,9-7+. The van der Waals surface area contributed by atoms with Crippen LogP contribution in [0, 0.1) is 0 Å². The lowest BCUT2D eigenvalue weighted by Gasteiger charge is -1.93. The fourth-order valence-corrected chi connectivity index (χ4v) is 0.643. The Morgan fingerprint density at radius 3 is 2.10 bits per heavy atom. The van der Waals surface area contributed by atoms with Crippen LogP contribution in [-0.2, 0) is 0 Å². The van der Waals surface area contributed by atoms with Crippen molar-refractivity contribution in [3.8, 4) is 0 Å². The highest BCUT2D eigenvalue weighted by atomic mass is 35.5. The van der Waals surface area contributed by atoms with E-state index in [2.05, 4.69) is 13.2 Å². The molecule has 0 heterocycles. The van der Waals surface area contributed by atoms with Gasteiger partial charge in [-0.2, -0.15) is 0 Å². The Morgan fingerprint density at radius 2 is 1.70 bits per heavy atom. The zero-order valence-corrected chi connectivity index (χ0v) is 6.86. The summed E-state index contributed by atoms with van der Waals surface area (Å²) in [5, 5.41) is 0.704. The molecule has 0 aromatic carbocycles. The van der Waals surface area contributed by atoms with E-state index < -0.39 is 0 Å². The lowest BCUT2D eigenvalue weighted by atomic mass is 10.2. The molecule has 0 fully saturated rings. The lowest BCUT2D eigenvalue weighted by molar-refractivity contribution is 1.49. The maximum atomic E-state index is 5.78. The molecule has 0 nitrogen and oxygen atoms in total. The zero-order valence-electron chi connectivity index (χ0n) is 6.10. The quantitative estimate of drug-likeness (QED) is 0.547. The highest BCUT2D eigenvalue weighted by Crippen LogP contribution is 2.13. The molecule has 0 spiro atoms. The van der Waals surface area contributed by atoms with Crippen molar-refractivity contribution in [3.63, 3.8) is 0 Å². The molecule has 0 aliphatic carbocycles. The minimum Gasteiger partial charge on any atom is -0.0991 e. The molecule has 0 aliphatic rings. The Bertz CT molecular complexity index is 163. The van der Waals surface area contributed by atoms with Gasteiger partial charge in [0.05, 0.1) is 0 Å². The van der Waals surface area contributed by atoms with Crippen molar-refractivity contribution in [3.05, 3.63) is 48.1 Å². The molecule has 0 saturated carbocycles. The summed E-state index contributed by atoms with van der Waals surface area (Å²) >= 11 is 5.78. The molecular formula is C9H11Cl. The van der Waals surface area contributed by atoms with E-state index >= 15 is 0 Å². The van der Waals surface area contributed by atoms with Crippen LogP contribution >= 0.6 is 11.6 Å². The zero-order chi connectivity index (χ0) is 7.98. The van der Waals surface area contributed by atoms with Gasteiger partial charge in [-0.05, 0) is 18.6 Å². The van der Waals surface area contributed by atoms with Gasteiger partial charge in [0.2, 0.25) is 0 Å². The second-order valence-electron chi connectivity index (χ2n) is 1.84. The van der Waals surface area contributed by atoms with Crippen molar-refractivity contribution < 1.29 is 0 Å². The first kappa shape index (κ1) is 9.25. The van der Waals surface area contributed by atoms with Crippen molar-refractivity contribution in [2.24, 2.45) is 0 Å². The lowest BCUT2D eigenvalue weighted by Crippen LogP contribution is -1.72. The third-order valence-electron chi connectivity index (χ3n) is 1.01. The van der Waals surface area contributed by atoms with Crippen LogP contribution in [0.15, 0.2) is 48.1 Å². The number of hydrogen-bond donors (Lipinski definition) is 0. The maximum absolute atomic E-state index is 5.78. The average molecular weight is 155 g/mol. The number of allylic oxidation sites excluding steroid dienone is 6. The van der Waals surface area contributed by atoms with E-state index in [0.717, 1.165) is 5.57 Å². The van der Waals surface area contributed by atoms with Crippen LogP contribution < -0.4 is 0 Å². The van der Waals surface area contributed by atoms with E-state index in [1.807, 2.05) is 13.0 Å². The molecule has 1 heteroatoms. The van der Waals surface area contributed by atoms with Gasteiger partial charge in [-0.3, -0.25) is 0 Å². The monoisotopic (exact) mass is 154 g/mol. The molecule has 10 heavy (non-hydrogen) atoms. The van der Waals surface area contributed by atoms with Crippen molar-refractivity contribution in [1.82, 2.24) is 0 Å². The summed E-state index contributed by atoms with van der Waals surface area (Å²) in [7, 11) is 0. The highest BCUT2D eigenvalue weighted by molar-refractivity contribution is 6.32. The molecule has 0 atom stereocenters. The SMILES string of the molecule is C=C/C=C(C)\C(Cl)=C/C=C. The predicted molar refractivity (Wildman–Crippen MR) is 48.1 cm³/mol. The molecule has 0 N–H and O–H groups in total. The summed E-state index contributed by atoms with van der Waals surface area (Å²) in [6.45, 7) is 9.01. The van der Waals surface area contributed by atoms with Crippen LogP contribution in [-0.4, -0.2) is 0 Å². The fourth-order valence-electron chi connectivity index (χ4n) is 0.491. The molecule has 0 aliphatic heterocycles. The number of hydrogen-bond acceptors (Lipinski definition) is 0. The van der Waals surface area contributed by atoms with E-state index in [1.165, 1.54) is 0 Å². The van der Waals surface area contributed by atoms with E-state index in [-0.39, 0.29) is 0 Å². The summed E-state index contributed by atoms with van der Waals surface area (Å²) in [4.78, 5) is 0. The summed E-state index contributed by atoms with van der Waals surface area (Å²) in [5.74, 6) is 0. The molecular weight excluding hydrogens is 144 g/mol. The van der Waals surface area contributed by atoms with Gasteiger partial charge in [0, 0.05) is 5.03 Å². The third-order valence-corrected chi connectivity index (χ3v) is 1.43. The van der Waals surface area contributed by atoms with Crippen LogP contribution in [0.3, 0.4) is 0 Å². The third kappa shape index (κ3) is 3.31. The van der Waals surface area contributed by atoms with Crippen LogP contribution in [0.1, 0.15) is 6.92 Å². The van der Waals surface area contributed by atoms with E-state index in [9.17, 15) is 0 Å². The van der Waals surface area contributed by atoms with E-state index in [1.54, 1.807) is 18.2 Å². The van der Waals surface area contributed by atoms with Crippen molar-refractivity contribution >= 4 is 11.6 Å². The van der Waals surface area contributed by atoms with Gasteiger partial charge in [0.25, 0.3) is 0 Å². The van der Waals surface area contributed by atoms with Gasteiger partial charge >= 0.3 is 0 Å². The first-order valence-corrected chi connectivity index (χ1v) is 3.38. The Kier molecular flexibility index (Phi) is 4.69. The summed E-state index contributed by atoms with van der Waals surface area (Å²) < 4.78 is 0. The Balaban J connectivity index is 4.33. The summed E-state index contributed by atoms with van der Waals surface area (Å²) in [5.41, 5.74) is 0.997. The maximum Gasteiger partial charge on any atom is 0.0434 e. The molecule has 54 valence electrons. The van der Waals surface area contributed by atoms with Gasteiger partial charge in [-0.15, -0.1) is 0 Å². The highest BCUT2D eigenvalue weighted by Gasteiger charge is 1.89. The molecule has 0 aromatic rings. The molecule has 0 radical (unpaired) electrons. The first-order valence-electron chi connectivity index (χ1n) is 3.00. The Morgan fingerprint density at radius 1 is 1.20 bits per heavy atom. The molecule has 0 saturated heterocycles. The van der Waals surface area contributed by atoms with Gasteiger partial charge < -0.3 is 0 Å². The van der Waals surface area contributed by atoms with Crippen molar-refractivity contribution in [2.45, 2.75) is 6.92 Å². The number of halogens is 1. The Labute approximate surface area is 67.2 Å². The minimum atomic E-state index is 0.704. The average Bonchev–Trinajstić information content (AvgIpc) is 1.89. The Hall–Kier alpha value is -0.750. The second kappa shape index (κ2) is 5.07. The van der Waals surface area contributed by atoms with Crippen LogP contribution in [0.25, 0.3) is 0 Å². The number of rotatable bonds is 3. The van der Waals surface area contributed by atoms with Crippen LogP contribution in [0.4, 0.5) is 0 Å². The van der Waals surface area contributed by atoms with E-state index in [0.29, 0.717) is 5.03 Å². The van der Waals surface area contributed by atoms with E-state index in [4.69, 9.17) is 11.6 Å². The van der Waals surface area contributed by atoms with Gasteiger partial charge in [-0.1, -0.05) is 43.0 Å². The van der Waals surface area contributed by atoms with Gasteiger partial charge in [-0.25, -0.2) is 0 Å². The van der Waals surface area contributed by atoms with Gasteiger partial charge in [0.15, 0.2) is 0 Å². The minimum absolute atomic E-state index is 0.704. The normalized spacial score (nSPS) is 13.0. The summed E-state index contributed by atoms with van der Waals surface area (Å²) in [6.07, 6.45) is 6.95. The molecule has 0 amide bonds. The molecule has 0 bridgehead atoms. The smallest absolute Gasteiger partial charge is 0.0434 e. The second-order valence-corrected chi connectivity index (χ2v) is 2.24. The molecule has 0 aromatic heterocycles. The van der Waals surface area contributed by atoms with Crippen molar-refractivity contribution in [1.29, 1.82) is 0 Å². The largest absolute Gasteiger partial charge is 0.0991 e. The fraction of sp³-hybridized carbons (Fsp3) is 0.111. The van der Waals surface area contributed by atoms with Crippen LogP contribution in [0.5, 0.6) is 0 Å². The first-order chi connectivity index (χ1) is 4.72.